The second kappa shape index (κ2) is 6.30. The van der Waals surface area contributed by atoms with E-state index in [0.717, 1.165) is 18.6 Å². The van der Waals surface area contributed by atoms with Gasteiger partial charge in [0.15, 0.2) is 6.29 Å². The molecule has 0 spiro atoms. The van der Waals surface area contributed by atoms with Gasteiger partial charge < -0.3 is 14.6 Å². The first kappa shape index (κ1) is 11.9. The molecule has 1 N–H and O–H groups in total. The standard InChI is InChI=1S/C12H18O3/c1-3-5-12(14-4-2)15-11-8-6-10(13)7-9-11/h6-9,12-13H,3-5H2,1-2H3/t12-/m0/s1. The van der Waals surface area contributed by atoms with Gasteiger partial charge in [0.2, 0.25) is 0 Å². The molecular formula is C12H18O3. The van der Waals surface area contributed by atoms with E-state index < -0.39 is 0 Å². The van der Waals surface area contributed by atoms with Gasteiger partial charge in [0.05, 0.1) is 0 Å². The van der Waals surface area contributed by atoms with Crippen LogP contribution in [-0.4, -0.2) is 18.0 Å². The van der Waals surface area contributed by atoms with E-state index in [1.807, 2.05) is 6.92 Å². The Labute approximate surface area is 90.6 Å². The third-order valence-corrected chi connectivity index (χ3v) is 1.98. The molecule has 3 heteroatoms. The second-order valence-corrected chi connectivity index (χ2v) is 3.29. The minimum Gasteiger partial charge on any atom is -0.508 e. The van der Waals surface area contributed by atoms with Crippen LogP contribution in [0.15, 0.2) is 24.3 Å². The molecule has 1 atom stereocenters. The smallest absolute Gasteiger partial charge is 0.199 e. The Morgan fingerprint density at radius 1 is 1.20 bits per heavy atom. The van der Waals surface area contributed by atoms with Crippen LogP contribution in [0.25, 0.3) is 0 Å². The topological polar surface area (TPSA) is 38.7 Å². The van der Waals surface area contributed by atoms with Gasteiger partial charge in [-0.2, -0.15) is 0 Å². The van der Waals surface area contributed by atoms with Crippen LogP contribution >= 0.6 is 0 Å². The second-order valence-electron chi connectivity index (χ2n) is 3.29. The van der Waals surface area contributed by atoms with E-state index in [9.17, 15) is 0 Å². The molecule has 0 saturated carbocycles. The van der Waals surface area contributed by atoms with Crippen LogP contribution in [0.2, 0.25) is 0 Å². The molecule has 0 heterocycles. The van der Waals surface area contributed by atoms with Crippen molar-refractivity contribution in [1.29, 1.82) is 0 Å². The lowest BCUT2D eigenvalue weighted by Crippen LogP contribution is -2.20. The zero-order valence-electron chi connectivity index (χ0n) is 9.27. The van der Waals surface area contributed by atoms with Gasteiger partial charge >= 0.3 is 0 Å². The van der Waals surface area contributed by atoms with Crippen LogP contribution in [0.5, 0.6) is 11.5 Å². The summed E-state index contributed by atoms with van der Waals surface area (Å²) >= 11 is 0. The molecule has 0 aliphatic rings. The molecule has 1 aromatic rings. The summed E-state index contributed by atoms with van der Waals surface area (Å²) in [4.78, 5) is 0. The minimum atomic E-state index is -0.190. The summed E-state index contributed by atoms with van der Waals surface area (Å²) in [6.45, 7) is 4.68. The van der Waals surface area contributed by atoms with Crippen molar-refractivity contribution >= 4 is 0 Å². The van der Waals surface area contributed by atoms with Crippen LogP contribution in [0.1, 0.15) is 26.7 Å². The van der Waals surface area contributed by atoms with Gasteiger partial charge in [-0.3, -0.25) is 0 Å². The van der Waals surface area contributed by atoms with Crippen molar-refractivity contribution in [1.82, 2.24) is 0 Å². The lowest BCUT2D eigenvalue weighted by molar-refractivity contribution is -0.0798. The molecule has 0 fully saturated rings. The van der Waals surface area contributed by atoms with Crippen LogP contribution < -0.4 is 4.74 Å². The lowest BCUT2D eigenvalue weighted by Gasteiger charge is -2.18. The molecule has 1 rings (SSSR count). The quantitative estimate of drug-likeness (QED) is 0.734. The Kier molecular flexibility index (Phi) is 4.98. The predicted molar refractivity (Wildman–Crippen MR) is 59.1 cm³/mol. The Bertz CT molecular complexity index is 263. The minimum absolute atomic E-state index is 0.190. The summed E-state index contributed by atoms with van der Waals surface area (Å²) in [6.07, 6.45) is 1.70. The molecule has 0 bridgehead atoms. The van der Waals surface area contributed by atoms with Crippen molar-refractivity contribution in [2.24, 2.45) is 0 Å². The average Bonchev–Trinajstić information content (AvgIpc) is 2.22. The number of hydrogen-bond acceptors (Lipinski definition) is 3. The highest BCUT2D eigenvalue weighted by molar-refractivity contribution is 5.30. The highest BCUT2D eigenvalue weighted by Crippen LogP contribution is 2.18. The highest BCUT2D eigenvalue weighted by atomic mass is 16.7. The average molecular weight is 210 g/mol. The highest BCUT2D eigenvalue weighted by Gasteiger charge is 2.08. The number of ether oxygens (including phenoxy) is 2. The van der Waals surface area contributed by atoms with Gasteiger partial charge in [-0.1, -0.05) is 13.3 Å². The van der Waals surface area contributed by atoms with Gasteiger partial charge in [0.25, 0.3) is 0 Å². The molecule has 84 valence electrons. The number of benzene rings is 1. The van der Waals surface area contributed by atoms with Gasteiger partial charge in [0, 0.05) is 13.0 Å². The van der Waals surface area contributed by atoms with Crippen molar-refractivity contribution in [2.75, 3.05) is 6.61 Å². The van der Waals surface area contributed by atoms with E-state index in [1.165, 1.54) is 0 Å². The summed E-state index contributed by atoms with van der Waals surface area (Å²) in [5.74, 6) is 0.963. The van der Waals surface area contributed by atoms with Crippen molar-refractivity contribution in [3.63, 3.8) is 0 Å². The largest absolute Gasteiger partial charge is 0.508 e. The van der Waals surface area contributed by atoms with E-state index in [-0.39, 0.29) is 12.0 Å². The molecule has 0 aliphatic heterocycles. The molecular weight excluding hydrogens is 192 g/mol. The van der Waals surface area contributed by atoms with Crippen LogP contribution in [0.4, 0.5) is 0 Å². The zero-order valence-corrected chi connectivity index (χ0v) is 9.27. The van der Waals surface area contributed by atoms with E-state index in [4.69, 9.17) is 14.6 Å². The van der Waals surface area contributed by atoms with Crippen molar-refractivity contribution < 1.29 is 14.6 Å². The van der Waals surface area contributed by atoms with Crippen molar-refractivity contribution in [3.8, 4) is 11.5 Å². The summed E-state index contributed by atoms with van der Waals surface area (Å²) in [5, 5.41) is 9.11. The van der Waals surface area contributed by atoms with E-state index in [2.05, 4.69) is 6.92 Å². The van der Waals surface area contributed by atoms with E-state index in [0.29, 0.717) is 6.61 Å². The maximum atomic E-state index is 9.11. The number of aromatic hydroxyl groups is 1. The molecule has 3 nitrogen and oxygen atoms in total. The molecule has 0 aromatic heterocycles. The molecule has 15 heavy (non-hydrogen) atoms. The van der Waals surface area contributed by atoms with Crippen LogP contribution in [-0.2, 0) is 4.74 Å². The number of phenols is 1. The van der Waals surface area contributed by atoms with Crippen LogP contribution in [0.3, 0.4) is 0 Å². The molecule has 0 saturated heterocycles. The Hall–Kier alpha value is -1.22. The number of phenolic OH excluding ortho intramolecular Hbond substituents is 1. The zero-order chi connectivity index (χ0) is 11.1. The third kappa shape index (κ3) is 4.21. The SMILES string of the molecule is CCC[C@@H](OCC)Oc1ccc(O)cc1. The predicted octanol–water partition coefficient (Wildman–Crippen LogP) is 2.93. The van der Waals surface area contributed by atoms with E-state index >= 15 is 0 Å². The maximum absolute atomic E-state index is 9.11. The van der Waals surface area contributed by atoms with Crippen LogP contribution in [0, 0.1) is 0 Å². The van der Waals surface area contributed by atoms with Gasteiger partial charge in [0.1, 0.15) is 11.5 Å². The Morgan fingerprint density at radius 2 is 1.87 bits per heavy atom. The van der Waals surface area contributed by atoms with Crippen molar-refractivity contribution in [3.05, 3.63) is 24.3 Å². The Morgan fingerprint density at radius 3 is 2.40 bits per heavy atom. The van der Waals surface area contributed by atoms with Gasteiger partial charge in [-0.15, -0.1) is 0 Å². The first-order chi connectivity index (χ1) is 7.26. The first-order valence-electron chi connectivity index (χ1n) is 5.33. The summed E-state index contributed by atoms with van der Waals surface area (Å²) < 4.78 is 11.0. The van der Waals surface area contributed by atoms with Crippen molar-refractivity contribution in [2.45, 2.75) is 33.0 Å². The molecule has 0 unspecified atom stereocenters. The molecule has 1 aromatic carbocycles. The summed E-state index contributed by atoms with van der Waals surface area (Å²) in [6, 6.07) is 6.67. The van der Waals surface area contributed by atoms with Gasteiger partial charge in [-0.25, -0.2) is 0 Å². The monoisotopic (exact) mass is 210 g/mol. The molecule has 0 aliphatic carbocycles. The fraction of sp³-hybridized carbons (Fsp3) is 0.500. The fourth-order valence-corrected chi connectivity index (χ4v) is 1.27. The fourth-order valence-electron chi connectivity index (χ4n) is 1.27. The molecule has 0 amide bonds. The maximum Gasteiger partial charge on any atom is 0.199 e. The summed E-state index contributed by atoms with van der Waals surface area (Å²) in [5.41, 5.74) is 0. The Balaban J connectivity index is 2.53. The lowest BCUT2D eigenvalue weighted by atomic mass is 10.3. The van der Waals surface area contributed by atoms with Gasteiger partial charge in [-0.05, 0) is 31.2 Å². The first-order valence-corrected chi connectivity index (χ1v) is 5.33. The molecule has 0 radical (unpaired) electrons. The normalized spacial score (nSPS) is 12.4. The number of rotatable bonds is 6. The summed E-state index contributed by atoms with van der Waals surface area (Å²) in [7, 11) is 0. The van der Waals surface area contributed by atoms with E-state index in [1.54, 1.807) is 24.3 Å². The number of hydrogen-bond donors (Lipinski definition) is 1. The third-order valence-electron chi connectivity index (χ3n) is 1.98.